The number of hydrogen-bond donors (Lipinski definition) is 1. The van der Waals surface area contributed by atoms with Gasteiger partial charge in [-0.3, -0.25) is 4.98 Å². The first-order chi connectivity index (χ1) is 10.9. The van der Waals surface area contributed by atoms with E-state index < -0.39 is 0 Å². The maximum Gasteiger partial charge on any atom is 0.188 e. The molecule has 0 radical (unpaired) electrons. The van der Waals surface area contributed by atoms with Crippen LogP contribution in [0.25, 0.3) is 22.3 Å². The van der Waals surface area contributed by atoms with Crippen molar-refractivity contribution in [3.63, 3.8) is 0 Å². The number of anilines is 2. The van der Waals surface area contributed by atoms with Gasteiger partial charge in [-0.15, -0.1) is 11.3 Å². The summed E-state index contributed by atoms with van der Waals surface area (Å²) in [6.07, 6.45) is 1.73. The molecular formula is C17H12N4S. The summed E-state index contributed by atoms with van der Waals surface area (Å²) in [7, 11) is 0. The van der Waals surface area contributed by atoms with Crippen molar-refractivity contribution in [3.05, 3.63) is 66.2 Å². The van der Waals surface area contributed by atoms with Gasteiger partial charge in [-0.25, -0.2) is 9.97 Å². The second kappa shape index (κ2) is 5.54. The van der Waals surface area contributed by atoms with Gasteiger partial charge in [0.2, 0.25) is 0 Å². The third-order valence-electron chi connectivity index (χ3n) is 3.26. The fraction of sp³-hybridized carbons (Fsp3) is 0. The number of nitrogens with zero attached hydrogens (tertiary/aromatic N) is 3. The number of hydrogen-bond acceptors (Lipinski definition) is 5. The average molecular weight is 304 g/mol. The first-order valence-electron chi connectivity index (χ1n) is 6.88. The van der Waals surface area contributed by atoms with Crippen LogP contribution in [-0.2, 0) is 0 Å². The standard InChI is InChI=1S/C17H12N4S/c1-2-6-12(7-3-1)15-11-22-17(20-15)21-16-10-18-13-8-4-5-9-14(13)19-16/h1-11H,(H,19,20,21). The fourth-order valence-electron chi connectivity index (χ4n) is 2.20. The second-order valence-electron chi connectivity index (χ2n) is 4.77. The van der Waals surface area contributed by atoms with E-state index in [0.717, 1.165) is 27.4 Å². The van der Waals surface area contributed by atoms with E-state index in [9.17, 15) is 0 Å². The fourth-order valence-corrected chi connectivity index (χ4v) is 2.93. The van der Waals surface area contributed by atoms with Crippen LogP contribution in [0.15, 0.2) is 66.2 Å². The summed E-state index contributed by atoms with van der Waals surface area (Å²) in [6.45, 7) is 0. The first kappa shape index (κ1) is 12.9. The van der Waals surface area contributed by atoms with Gasteiger partial charge in [-0.1, -0.05) is 42.5 Å². The summed E-state index contributed by atoms with van der Waals surface area (Å²) in [6, 6.07) is 17.9. The van der Waals surface area contributed by atoms with Crippen LogP contribution in [-0.4, -0.2) is 15.0 Å². The highest BCUT2D eigenvalue weighted by Gasteiger charge is 2.06. The lowest BCUT2D eigenvalue weighted by Crippen LogP contribution is -1.94. The molecule has 0 aliphatic heterocycles. The smallest absolute Gasteiger partial charge is 0.188 e. The average Bonchev–Trinajstić information content (AvgIpc) is 3.04. The van der Waals surface area contributed by atoms with E-state index >= 15 is 0 Å². The molecule has 0 atom stereocenters. The van der Waals surface area contributed by atoms with E-state index in [-0.39, 0.29) is 0 Å². The largest absolute Gasteiger partial charge is 0.315 e. The quantitative estimate of drug-likeness (QED) is 0.605. The molecule has 106 valence electrons. The SMILES string of the molecule is c1ccc(-c2csc(Nc3cnc4ccccc4n3)n2)cc1. The molecule has 0 amide bonds. The van der Waals surface area contributed by atoms with Crippen LogP contribution in [0.4, 0.5) is 10.9 Å². The van der Waals surface area contributed by atoms with Gasteiger partial charge < -0.3 is 5.32 Å². The zero-order valence-corrected chi connectivity index (χ0v) is 12.4. The molecule has 0 saturated carbocycles. The van der Waals surface area contributed by atoms with Gasteiger partial charge >= 0.3 is 0 Å². The molecule has 0 fully saturated rings. The molecule has 2 heterocycles. The molecule has 4 aromatic rings. The highest BCUT2D eigenvalue weighted by molar-refractivity contribution is 7.14. The van der Waals surface area contributed by atoms with E-state index in [2.05, 4.69) is 32.4 Å². The maximum absolute atomic E-state index is 4.60. The summed E-state index contributed by atoms with van der Waals surface area (Å²) >= 11 is 1.55. The molecule has 1 N–H and O–H groups in total. The van der Waals surface area contributed by atoms with Crippen LogP contribution < -0.4 is 5.32 Å². The summed E-state index contributed by atoms with van der Waals surface area (Å²) < 4.78 is 0. The van der Waals surface area contributed by atoms with Crippen molar-refractivity contribution in [1.29, 1.82) is 0 Å². The second-order valence-corrected chi connectivity index (χ2v) is 5.63. The normalized spacial score (nSPS) is 10.7. The van der Waals surface area contributed by atoms with E-state index in [1.165, 1.54) is 0 Å². The minimum absolute atomic E-state index is 0.702. The van der Waals surface area contributed by atoms with E-state index in [4.69, 9.17) is 0 Å². The Morgan fingerprint density at radius 1 is 0.818 bits per heavy atom. The Hall–Kier alpha value is -2.79. The lowest BCUT2D eigenvalue weighted by molar-refractivity contribution is 1.27. The molecule has 2 aromatic carbocycles. The third kappa shape index (κ3) is 2.54. The van der Waals surface area contributed by atoms with Crippen LogP contribution in [0.5, 0.6) is 0 Å². The number of rotatable bonds is 3. The lowest BCUT2D eigenvalue weighted by Gasteiger charge is -2.02. The summed E-state index contributed by atoms with van der Waals surface area (Å²) in [4.78, 5) is 13.5. The van der Waals surface area contributed by atoms with Gasteiger partial charge in [0.15, 0.2) is 10.9 Å². The zero-order valence-electron chi connectivity index (χ0n) is 11.6. The van der Waals surface area contributed by atoms with E-state index in [1.807, 2.05) is 47.8 Å². The number of aromatic nitrogens is 3. The number of nitrogens with one attached hydrogen (secondary N) is 1. The molecule has 0 aliphatic carbocycles. The molecule has 2 aromatic heterocycles. The molecule has 4 rings (SSSR count). The lowest BCUT2D eigenvalue weighted by atomic mass is 10.2. The highest BCUT2D eigenvalue weighted by Crippen LogP contribution is 2.26. The Labute approximate surface area is 131 Å². The molecule has 0 saturated heterocycles. The van der Waals surface area contributed by atoms with Gasteiger partial charge in [-0.05, 0) is 12.1 Å². The Balaban J connectivity index is 1.61. The van der Waals surface area contributed by atoms with Crippen molar-refractivity contribution in [2.75, 3.05) is 5.32 Å². The molecule has 5 heteroatoms. The predicted molar refractivity (Wildman–Crippen MR) is 90.4 cm³/mol. The third-order valence-corrected chi connectivity index (χ3v) is 4.02. The first-order valence-corrected chi connectivity index (χ1v) is 7.76. The Morgan fingerprint density at radius 2 is 1.59 bits per heavy atom. The molecule has 0 bridgehead atoms. The summed E-state index contributed by atoms with van der Waals surface area (Å²) in [5, 5.41) is 6.06. The molecule has 4 nitrogen and oxygen atoms in total. The van der Waals surface area contributed by atoms with Gasteiger partial charge in [0.25, 0.3) is 0 Å². The van der Waals surface area contributed by atoms with Crippen LogP contribution >= 0.6 is 11.3 Å². The predicted octanol–water partition coefficient (Wildman–Crippen LogP) is 4.50. The van der Waals surface area contributed by atoms with Crippen molar-refractivity contribution in [2.45, 2.75) is 0 Å². The van der Waals surface area contributed by atoms with Crippen molar-refractivity contribution in [1.82, 2.24) is 15.0 Å². The van der Waals surface area contributed by atoms with Crippen molar-refractivity contribution in [2.24, 2.45) is 0 Å². The highest BCUT2D eigenvalue weighted by atomic mass is 32.1. The molecule has 0 unspecified atom stereocenters. The van der Waals surface area contributed by atoms with E-state index in [1.54, 1.807) is 17.5 Å². The summed E-state index contributed by atoms with van der Waals surface area (Å²) in [5.41, 5.74) is 3.82. The van der Waals surface area contributed by atoms with E-state index in [0.29, 0.717) is 5.82 Å². The molecule has 22 heavy (non-hydrogen) atoms. The van der Waals surface area contributed by atoms with Crippen LogP contribution in [0.3, 0.4) is 0 Å². The minimum atomic E-state index is 0.702. The van der Waals surface area contributed by atoms with Crippen LogP contribution in [0, 0.1) is 0 Å². The van der Waals surface area contributed by atoms with Gasteiger partial charge in [0, 0.05) is 10.9 Å². The number of thiazole rings is 1. The van der Waals surface area contributed by atoms with Crippen LogP contribution in [0.2, 0.25) is 0 Å². The number of fused-ring (bicyclic) bond motifs is 1. The zero-order chi connectivity index (χ0) is 14.8. The van der Waals surface area contributed by atoms with Crippen molar-refractivity contribution >= 4 is 33.3 Å². The summed E-state index contributed by atoms with van der Waals surface area (Å²) in [5.74, 6) is 0.702. The molecule has 0 spiro atoms. The van der Waals surface area contributed by atoms with Crippen LogP contribution in [0.1, 0.15) is 0 Å². The number of benzene rings is 2. The minimum Gasteiger partial charge on any atom is -0.315 e. The van der Waals surface area contributed by atoms with Gasteiger partial charge in [0.05, 0.1) is 22.9 Å². The Kier molecular flexibility index (Phi) is 3.25. The van der Waals surface area contributed by atoms with Gasteiger partial charge in [-0.2, -0.15) is 0 Å². The molecule has 0 aliphatic rings. The molecular weight excluding hydrogens is 292 g/mol. The topological polar surface area (TPSA) is 50.7 Å². The Morgan fingerprint density at radius 3 is 2.45 bits per heavy atom. The van der Waals surface area contributed by atoms with Crippen molar-refractivity contribution in [3.8, 4) is 11.3 Å². The Bertz CT molecular complexity index is 918. The van der Waals surface area contributed by atoms with Crippen molar-refractivity contribution < 1.29 is 0 Å². The van der Waals surface area contributed by atoms with Gasteiger partial charge in [0.1, 0.15) is 0 Å². The monoisotopic (exact) mass is 304 g/mol. The maximum atomic E-state index is 4.60. The number of para-hydroxylation sites is 2.